The Morgan fingerprint density at radius 1 is 1.07 bits per heavy atom. The third-order valence-corrected chi connectivity index (χ3v) is 6.15. The van der Waals surface area contributed by atoms with E-state index >= 15 is 0 Å². The van der Waals surface area contributed by atoms with Crippen LogP contribution in [0.1, 0.15) is 36.8 Å². The van der Waals surface area contributed by atoms with E-state index in [2.05, 4.69) is 5.32 Å². The van der Waals surface area contributed by atoms with Crippen molar-refractivity contribution < 1.29 is 23.4 Å². The number of benzene rings is 2. The Balaban J connectivity index is 1.75. The van der Waals surface area contributed by atoms with Gasteiger partial charge in [-0.1, -0.05) is 18.2 Å². The Labute approximate surface area is 168 Å². The second-order valence-corrected chi connectivity index (χ2v) is 7.85. The predicted octanol–water partition coefficient (Wildman–Crippen LogP) is 4.67. The first kappa shape index (κ1) is 19.6. The number of hydrogen-bond donors (Lipinski definition) is 2. The normalized spacial score (nSPS) is 24.3. The van der Waals surface area contributed by atoms with Crippen LogP contribution >= 0.6 is 0 Å². The molecular weight excluding hydrogens is 376 g/mol. The number of rotatable bonds is 3. The lowest BCUT2D eigenvalue weighted by molar-refractivity contribution is -0.116. The molecule has 4 rings (SSSR count). The average molecular weight is 399 g/mol. The van der Waals surface area contributed by atoms with Gasteiger partial charge in [-0.15, -0.1) is 0 Å². The summed E-state index contributed by atoms with van der Waals surface area (Å²) >= 11 is 0. The van der Waals surface area contributed by atoms with E-state index in [1.807, 2.05) is 13.0 Å². The molecule has 1 heterocycles. The Hall–Kier alpha value is -2.73. The van der Waals surface area contributed by atoms with E-state index in [1.165, 1.54) is 6.07 Å². The van der Waals surface area contributed by atoms with Crippen LogP contribution in [-0.4, -0.2) is 29.8 Å². The molecule has 0 atom stereocenters. The summed E-state index contributed by atoms with van der Waals surface area (Å²) in [7, 11) is 1.67. The zero-order chi connectivity index (χ0) is 20.8. The van der Waals surface area contributed by atoms with Gasteiger partial charge in [-0.05, 0) is 73.1 Å². The highest BCUT2D eigenvalue weighted by Gasteiger charge is 2.48. The molecule has 1 aliphatic carbocycles. The van der Waals surface area contributed by atoms with Gasteiger partial charge in [0.15, 0.2) is 11.6 Å². The topological polar surface area (TPSA) is 58.6 Å². The van der Waals surface area contributed by atoms with Gasteiger partial charge in [0.25, 0.3) is 5.91 Å². The maximum Gasteiger partial charge on any atom is 0.256 e. The first-order valence-corrected chi connectivity index (χ1v) is 9.70. The Morgan fingerprint density at radius 2 is 1.72 bits per heavy atom. The minimum Gasteiger partial charge on any atom is -0.509 e. The van der Waals surface area contributed by atoms with Gasteiger partial charge in [-0.2, -0.15) is 0 Å². The molecule has 0 bridgehead atoms. The number of nitrogens with one attached hydrogen (secondary N) is 1. The van der Waals surface area contributed by atoms with Crippen LogP contribution in [0.15, 0.2) is 42.2 Å². The molecule has 152 valence electrons. The summed E-state index contributed by atoms with van der Waals surface area (Å²) in [5.74, 6) is -2.10. The lowest BCUT2D eigenvalue weighted by atomic mass is 9.79. The van der Waals surface area contributed by atoms with Crippen molar-refractivity contribution >= 4 is 11.5 Å². The number of aliphatic hydroxyl groups excluding tert-OH is 1. The fourth-order valence-corrected chi connectivity index (χ4v) is 4.36. The number of aryl methyl sites for hydroxylation is 1. The molecule has 1 spiro atoms. The average Bonchev–Trinajstić information content (AvgIpc) is 2.95. The number of hydrogen-bond acceptors (Lipinski definition) is 3. The Bertz CT molecular complexity index is 1010. The van der Waals surface area contributed by atoms with E-state index in [9.17, 15) is 18.7 Å². The van der Waals surface area contributed by atoms with Crippen molar-refractivity contribution in [2.75, 3.05) is 7.11 Å². The van der Waals surface area contributed by atoms with Crippen LogP contribution < -0.4 is 5.32 Å². The largest absolute Gasteiger partial charge is 0.509 e. The molecule has 1 fully saturated rings. The van der Waals surface area contributed by atoms with Crippen LogP contribution in [0.3, 0.4) is 0 Å². The van der Waals surface area contributed by atoms with Crippen molar-refractivity contribution in [2.45, 2.75) is 44.2 Å². The first-order chi connectivity index (χ1) is 13.8. The molecule has 1 aliphatic heterocycles. The summed E-state index contributed by atoms with van der Waals surface area (Å²) in [5.41, 5.74) is 2.04. The van der Waals surface area contributed by atoms with Crippen LogP contribution in [0, 0.1) is 18.6 Å². The second kappa shape index (κ2) is 7.26. The van der Waals surface area contributed by atoms with E-state index in [1.54, 1.807) is 19.2 Å². The smallest absolute Gasteiger partial charge is 0.256 e. The van der Waals surface area contributed by atoms with Gasteiger partial charge in [0.05, 0.1) is 17.2 Å². The molecule has 1 amide bonds. The highest BCUT2D eigenvalue weighted by Crippen LogP contribution is 2.43. The molecule has 2 aliphatic rings. The van der Waals surface area contributed by atoms with E-state index in [4.69, 9.17) is 4.74 Å². The number of methoxy groups -OCH3 is 1. The van der Waals surface area contributed by atoms with E-state index < -0.39 is 17.2 Å². The second-order valence-electron chi connectivity index (χ2n) is 7.85. The van der Waals surface area contributed by atoms with Crippen LogP contribution in [0.25, 0.3) is 16.7 Å². The summed E-state index contributed by atoms with van der Waals surface area (Å²) in [6.45, 7) is 1.85. The van der Waals surface area contributed by atoms with E-state index in [0.29, 0.717) is 29.5 Å². The fourth-order valence-electron chi connectivity index (χ4n) is 4.36. The number of aliphatic hydroxyl groups is 1. The van der Waals surface area contributed by atoms with Gasteiger partial charge >= 0.3 is 0 Å². The minimum atomic E-state index is -0.931. The Kier molecular flexibility index (Phi) is 4.90. The summed E-state index contributed by atoms with van der Waals surface area (Å²) in [5, 5.41) is 14.0. The standard InChI is InChI=1S/C23H23F2NO3/c1-13-3-4-14(15-5-6-18(24)19(25)12-15)11-17(13)20-21(27)23(26-22(20)28)9-7-16(29-2)8-10-23/h3-6,11-12,16,27H,7-10H2,1-2H3,(H,26,28). The van der Waals surface area contributed by atoms with E-state index in [0.717, 1.165) is 30.5 Å². The molecule has 0 unspecified atom stereocenters. The van der Waals surface area contributed by atoms with Gasteiger partial charge < -0.3 is 15.2 Å². The summed E-state index contributed by atoms with van der Waals surface area (Å²) in [6.07, 6.45) is 2.85. The highest BCUT2D eigenvalue weighted by molar-refractivity contribution is 6.23. The zero-order valence-electron chi connectivity index (χ0n) is 16.4. The molecule has 2 aromatic carbocycles. The zero-order valence-corrected chi connectivity index (χ0v) is 16.4. The third kappa shape index (κ3) is 3.31. The predicted molar refractivity (Wildman–Crippen MR) is 106 cm³/mol. The van der Waals surface area contributed by atoms with Crippen molar-refractivity contribution in [2.24, 2.45) is 0 Å². The molecule has 2 aromatic rings. The minimum absolute atomic E-state index is 0.0580. The van der Waals surface area contributed by atoms with Gasteiger partial charge in [0.1, 0.15) is 5.76 Å². The lowest BCUT2D eigenvalue weighted by Crippen LogP contribution is -2.48. The summed E-state index contributed by atoms with van der Waals surface area (Å²) in [4.78, 5) is 12.8. The number of carbonyl (C=O) groups excluding carboxylic acids is 1. The summed E-state index contributed by atoms with van der Waals surface area (Å²) < 4.78 is 32.4. The van der Waals surface area contributed by atoms with Gasteiger partial charge in [0, 0.05) is 7.11 Å². The quantitative estimate of drug-likeness (QED) is 0.789. The van der Waals surface area contributed by atoms with Crippen molar-refractivity contribution in [1.82, 2.24) is 5.32 Å². The van der Waals surface area contributed by atoms with Crippen LogP contribution in [0.4, 0.5) is 8.78 Å². The molecule has 29 heavy (non-hydrogen) atoms. The number of ether oxygens (including phenoxy) is 1. The highest BCUT2D eigenvalue weighted by atomic mass is 19.2. The number of halogens is 2. The molecule has 0 saturated heterocycles. The Morgan fingerprint density at radius 3 is 2.38 bits per heavy atom. The van der Waals surface area contributed by atoms with Crippen LogP contribution in [0.2, 0.25) is 0 Å². The first-order valence-electron chi connectivity index (χ1n) is 9.70. The molecule has 1 saturated carbocycles. The SMILES string of the molecule is COC1CCC2(CC1)NC(=O)C(c1cc(-c3ccc(F)c(F)c3)ccc1C)=C2O. The van der Waals surface area contributed by atoms with Crippen molar-refractivity contribution in [3.63, 3.8) is 0 Å². The van der Waals surface area contributed by atoms with Crippen molar-refractivity contribution in [3.05, 3.63) is 64.9 Å². The number of amides is 1. The van der Waals surface area contributed by atoms with Crippen LogP contribution in [0.5, 0.6) is 0 Å². The molecule has 0 aromatic heterocycles. The lowest BCUT2D eigenvalue weighted by Gasteiger charge is -2.36. The monoisotopic (exact) mass is 399 g/mol. The number of carbonyl (C=O) groups is 1. The molecule has 0 radical (unpaired) electrons. The third-order valence-electron chi connectivity index (χ3n) is 6.15. The van der Waals surface area contributed by atoms with Gasteiger partial charge in [-0.25, -0.2) is 8.78 Å². The van der Waals surface area contributed by atoms with Crippen molar-refractivity contribution in [1.29, 1.82) is 0 Å². The maximum absolute atomic E-state index is 13.7. The molecule has 6 heteroatoms. The van der Waals surface area contributed by atoms with Crippen molar-refractivity contribution in [3.8, 4) is 11.1 Å². The van der Waals surface area contributed by atoms with Gasteiger partial charge in [-0.3, -0.25) is 4.79 Å². The molecular formula is C23H23F2NO3. The maximum atomic E-state index is 13.7. The van der Waals surface area contributed by atoms with E-state index in [-0.39, 0.29) is 23.3 Å². The molecule has 2 N–H and O–H groups in total. The van der Waals surface area contributed by atoms with Gasteiger partial charge in [0.2, 0.25) is 0 Å². The van der Waals surface area contributed by atoms with Crippen LogP contribution in [-0.2, 0) is 9.53 Å². The fraction of sp³-hybridized carbons (Fsp3) is 0.348. The molecule has 4 nitrogen and oxygen atoms in total. The summed E-state index contributed by atoms with van der Waals surface area (Å²) in [6, 6.07) is 9.03.